The van der Waals surface area contributed by atoms with Gasteiger partial charge in [-0.05, 0) is 49.9 Å². The summed E-state index contributed by atoms with van der Waals surface area (Å²) in [6, 6.07) is 15.9. The van der Waals surface area contributed by atoms with Gasteiger partial charge in [-0.3, -0.25) is 0 Å². The van der Waals surface area contributed by atoms with Crippen molar-refractivity contribution in [2.45, 2.75) is 19.4 Å². The lowest BCUT2D eigenvalue weighted by molar-refractivity contribution is 0.466. The van der Waals surface area contributed by atoms with Crippen LogP contribution >= 0.6 is 15.9 Å². The number of nitriles is 1. The van der Waals surface area contributed by atoms with Crippen LogP contribution in [0.1, 0.15) is 24.1 Å². The molecule has 0 heterocycles. The number of nitrogens with one attached hydrogen (secondary N) is 1. The maximum Gasteiger partial charge on any atom is 0.132 e. The third-order valence-electron chi connectivity index (χ3n) is 3.31. The van der Waals surface area contributed by atoms with Crippen LogP contribution in [0.15, 0.2) is 46.9 Å². The number of hydrogen-bond donors (Lipinski definition) is 1. The summed E-state index contributed by atoms with van der Waals surface area (Å²) in [5, 5.41) is 11.9. The molecule has 0 aliphatic rings. The van der Waals surface area contributed by atoms with Gasteiger partial charge in [-0.1, -0.05) is 28.1 Å². The van der Waals surface area contributed by atoms with E-state index in [9.17, 15) is 0 Å². The molecule has 0 fully saturated rings. The van der Waals surface area contributed by atoms with E-state index in [4.69, 9.17) is 10.00 Å². The fourth-order valence-corrected chi connectivity index (χ4v) is 2.38. The predicted molar refractivity (Wildman–Crippen MR) is 87.4 cm³/mol. The second-order valence-corrected chi connectivity index (χ2v) is 5.69. The summed E-state index contributed by atoms with van der Waals surface area (Å²) in [7, 11) is 1.92. The Morgan fingerprint density at radius 1 is 1.24 bits per heavy atom. The van der Waals surface area contributed by atoms with Crippen molar-refractivity contribution in [1.29, 1.82) is 5.26 Å². The number of rotatable bonds is 5. The molecule has 1 atom stereocenters. The number of halogens is 1. The Morgan fingerprint density at radius 3 is 2.57 bits per heavy atom. The van der Waals surface area contributed by atoms with Gasteiger partial charge in [-0.15, -0.1) is 0 Å². The van der Waals surface area contributed by atoms with Gasteiger partial charge in [0.2, 0.25) is 0 Å². The molecule has 0 aliphatic heterocycles. The Balaban J connectivity index is 2.24. The molecule has 21 heavy (non-hydrogen) atoms. The Morgan fingerprint density at radius 2 is 1.95 bits per heavy atom. The minimum atomic E-state index is 0.190. The van der Waals surface area contributed by atoms with Gasteiger partial charge in [0.15, 0.2) is 0 Å². The van der Waals surface area contributed by atoms with Gasteiger partial charge in [-0.25, -0.2) is 0 Å². The molecule has 0 saturated heterocycles. The quantitative estimate of drug-likeness (QED) is 0.862. The lowest BCUT2D eigenvalue weighted by atomic mass is 10.1. The van der Waals surface area contributed by atoms with Crippen molar-refractivity contribution in [3.63, 3.8) is 0 Å². The molecule has 0 aliphatic carbocycles. The highest BCUT2D eigenvalue weighted by Crippen LogP contribution is 2.32. The first-order valence-corrected chi connectivity index (χ1v) is 7.54. The van der Waals surface area contributed by atoms with E-state index >= 15 is 0 Å². The number of ether oxygens (including phenoxy) is 1. The van der Waals surface area contributed by atoms with Crippen LogP contribution in [0.25, 0.3) is 0 Å². The zero-order valence-electron chi connectivity index (χ0n) is 12.1. The normalized spacial score (nSPS) is 11.7. The Bertz CT molecular complexity index is 647. The van der Waals surface area contributed by atoms with Gasteiger partial charge in [0.05, 0.1) is 12.5 Å². The van der Waals surface area contributed by atoms with Crippen molar-refractivity contribution in [3.8, 4) is 17.6 Å². The summed E-state index contributed by atoms with van der Waals surface area (Å²) < 4.78 is 7.00. The van der Waals surface area contributed by atoms with Crippen molar-refractivity contribution in [1.82, 2.24) is 5.32 Å². The third-order valence-corrected chi connectivity index (χ3v) is 3.80. The molecular weight excluding hydrogens is 328 g/mol. The van der Waals surface area contributed by atoms with Gasteiger partial charge in [0.1, 0.15) is 11.5 Å². The molecule has 1 unspecified atom stereocenters. The van der Waals surface area contributed by atoms with Gasteiger partial charge in [0, 0.05) is 16.1 Å². The maximum absolute atomic E-state index is 8.68. The maximum atomic E-state index is 8.68. The molecule has 3 nitrogen and oxygen atoms in total. The van der Waals surface area contributed by atoms with Crippen LogP contribution < -0.4 is 10.1 Å². The second kappa shape index (κ2) is 7.26. The molecular formula is C17H17BrN2O. The third kappa shape index (κ3) is 4.07. The van der Waals surface area contributed by atoms with Crippen LogP contribution in [-0.2, 0) is 6.42 Å². The van der Waals surface area contributed by atoms with Gasteiger partial charge < -0.3 is 10.1 Å². The Hall–Kier alpha value is -1.83. The minimum Gasteiger partial charge on any atom is -0.457 e. The summed E-state index contributed by atoms with van der Waals surface area (Å²) in [4.78, 5) is 0. The van der Waals surface area contributed by atoms with Crippen molar-refractivity contribution in [2.24, 2.45) is 0 Å². The van der Waals surface area contributed by atoms with Crippen LogP contribution in [0.4, 0.5) is 0 Å². The van der Waals surface area contributed by atoms with E-state index in [1.54, 1.807) is 0 Å². The lowest BCUT2D eigenvalue weighted by Crippen LogP contribution is -2.13. The summed E-state index contributed by atoms with van der Waals surface area (Å²) in [5.41, 5.74) is 2.08. The molecule has 2 aromatic carbocycles. The molecule has 108 valence electrons. The summed E-state index contributed by atoms with van der Waals surface area (Å²) in [6.45, 7) is 2.09. The second-order valence-electron chi connectivity index (χ2n) is 4.77. The van der Waals surface area contributed by atoms with Crippen molar-refractivity contribution < 1.29 is 4.74 Å². The SMILES string of the molecule is CNC(C)c1cc(Br)ccc1Oc1ccc(CC#N)cc1. The predicted octanol–water partition coefficient (Wildman–Crippen LogP) is 4.59. The smallest absolute Gasteiger partial charge is 0.132 e. The average Bonchev–Trinajstić information content (AvgIpc) is 2.50. The summed E-state index contributed by atoms with van der Waals surface area (Å²) in [5.74, 6) is 1.59. The van der Waals surface area contributed by atoms with E-state index in [0.717, 1.165) is 27.1 Å². The first-order valence-electron chi connectivity index (χ1n) is 6.74. The van der Waals surface area contributed by atoms with Gasteiger partial charge in [-0.2, -0.15) is 5.26 Å². The van der Waals surface area contributed by atoms with E-state index in [-0.39, 0.29) is 6.04 Å². The zero-order valence-corrected chi connectivity index (χ0v) is 13.6. The highest BCUT2D eigenvalue weighted by Gasteiger charge is 2.11. The molecule has 1 N–H and O–H groups in total. The molecule has 0 bridgehead atoms. The molecule has 0 radical (unpaired) electrons. The molecule has 2 rings (SSSR count). The summed E-state index contributed by atoms with van der Waals surface area (Å²) >= 11 is 3.49. The molecule has 0 saturated carbocycles. The molecule has 4 heteroatoms. The lowest BCUT2D eigenvalue weighted by Gasteiger charge is -2.17. The monoisotopic (exact) mass is 344 g/mol. The van der Waals surface area contributed by atoms with Crippen molar-refractivity contribution >= 4 is 15.9 Å². The molecule has 0 aromatic heterocycles. The van der Waals surface area contributed by atoms with E-state index in [2.05, 4.69) is 40.3 Å². The standard InChI is InChI=1S/C17H17BrN2O/c1-12(20-2)16-11-14(18)5-8-17(16)21-15-6-3-13(4-7-15)9-10-19/h3-8,11-12,20H,9H2,1-2H3. The largest absolute Gasteiger partial charge is 0.457 e. The molecule has 0 amide bonds. The van der Waals surface area contributed by atoms with Crippen LogP contribution in [0.5, 0.6) is 11.5 Å². The number of nitrogens with zero attached hydrogens (tertiary/aromatic N) is 1. The minimum absolute atomic E-state index is 0.190. The topological polar surface area (TPSA) is 45.0 Å². The fraction of sp³-hybridized carbons (Fsp3) is 0.235. The average molecular weight is 345 g/mol. The summed E-state index contributed by atoms with van der Waals surface area (Å²) in [6.07, 6.45) is 0.417. The molecule has 2 aromatic rings. The van der Waals surface area contributed by atoms with Gasteiger partial charge >= 0.3 is 0 Å². The van der Waals surface area contributed by atoms with Crippen molar-refractivity contribution in [3.05, 3.63) is 58.1 Å². The highest BCUT2D eigenvalue weighted by molar-refractivity contribution is 9.10. The van der Waals surface area contributed by atoms with E-state index < -0.39 is 0 Å². The van der Waals surface area contributed by atoms with E-state index in [1.807, 2.05) is 43.4 Å². The first-order chi connectivity index (χ1) is 10.1. The zero-order chi connectivity index (χ0) is 15.2. The van der Waals surface area contributed by atoms with Crippen LogP contribution in [0, 0.1) is 11.3 Å². The molecule has 0 spiro atoms. The number of hydrogen-bond acceptors (Lipinski definition) is 3. The highest BCUT2D eigenvalue weighted by atomic mass is 79.9. The van der Waals surface area contributed by atoms with E-state index in [1.165, 1.54) is 0 Å². The first kappa shape index (κ1) is 15.6. The number of benzene rings is 2. The van der Waals surface area contributed by atoms with Crippen molar-refractivity contribution in [2.75, 3.05) is 7.05 Å². The van der Waals surface area contributed by atoms with Gasteiger partial charge in [0.25, 0.3) is 0 Å². The fourth-order valence-electron chi connectivity index (χ4n) is 2.00. The van der Waals surface area contributed by atoms with Crippen LogP contribution in [-0.4, -0.2) is 7.05 Å². The Labute approximate surface area is 133 Å². The Kier molecular flexibility index (Phi) is 5.38. The van der Waals surface area contributed by atoms with E-state index in [0.29, 0.717) is 6.42 Å². The van der Waals surface area contributed by atoms with Crippen LogP contribution in [0.2, 0.25) is 0 Å². The van der Waals surface area contributed by atoms with Crippen LogP contribution in [0.3, 0.4) is 0 Å².